The quantitative estimate of drug-likeness (QED) is 0.330. The minimum Gasteiger partial charge on any atom is -0.437 e. The number of carbonyl (C=O) groups is 3. The van der Waals surface area contributed by atoms with Crippen LogP contribution in [0.25, 0.3) is 0 Å². The first kappa shape index (κ1) is 13.5. The highest BCUT2D eigenvalue weighted by Gasteiger charge is 2.01. The molecule has 0 saturated heterocycles. The van der Waals surface area contributed by atoms with Crippen LogP contribution in [0.4, 0.5) is 4.79 Å². The van der Waals surface area contributed by atoms with Gasteiger partial charge >= 0.3 is 12.1 Å². The summed E-state index contributed by atoms with van der Waals surface area (Å²) in [4.78, 5) is 29.1. The zero-order valence-corrected chi connectivity index (χ0v) is 7.68. The Balaban J connectivity index is 0. The largest absolute Gasteiger partial charge is 0.515 e. The van der Waals surface area contributed by atoms with Crippen molar-refractivity contribution >= 4 is 29.0 Å². The molecule has 6 heteroatoms. The summed E-state index contributed by atoms with van der Waals surface area (Å²) in [6.45, 7) is 2.42. The van der Waals surface area contributed by atoms with E-state index >= 15 is 0 Å². The van der Waals surface area contributed by atoms with Crippen LogP contribution >= 0.6 is 11.6 Å². The maximum absolute atomic E-state index is 9.96. The minimum absolute atomic E-state index is 0.361. The third-order valence-corrected chi connectivity index (χ3v) is 0.394. The molecule has 0 aromatic heterocycles. The SMILES string of the molecule is CC(=O)Cl.COC(=O)OC(C)=O. The molecule has 0 unspecified atom stereocenters. The first-order valence-corrected chi connectivity index (χ1v) is 3.20. The maximum atomic E-state index is 9.96. The normalized spacial score (nSPS) is 7.33. The summed E-state index contributed by atoms with van der Waals surface area (Å²) in [7, 11) is 1.13. The van der Waals surface area contributed by atoms with Crippen LogP contribution in [0, 0.1) is 0 Å². The molecule has 0 rings (SSSR count). The molecule has 0 spiro atoms. The van der Waals surface area contributed by atoms with Crippen molar-refractivity contribution in [3.63, 3.8) is 0 Å². The zero-order valence-electron chi connectivity index (χ0n) is 6.92. The van der Waals surface area contributed by atoms with E-state index in [-0.39, 0.29) is 5.24 Å². The second-order valence-corrected chi connectivity index (χ2v) is 2.05. The fraction of sp³-hybridized carbons (Fsp3) is 0.500. The molecule has 0 aliphatic rings. The molecule has 0 fully saturated rings. The number of carbonyl (C=O) groups excluding carboxylic acids is 3. The van der Waals surface area contributed by atoms with Crippen molar-refractivity contribution < 1.29 is 23.9 Å². The molecular formula is C6H9ClO5. The van der Waals surface area contributed by atoms with Crippen LogP contribution in [0.2, 0.25) is 0 Å². The first-order valence-electron chi connectivity index (χ1n) is 2.82. The molecule has 0 aliphatic heterocycles. The summed E-state index contributed by atoms with van der Waals surface area (Å²) in [5.74, 6) is -0.670. The van der Waals surface area contributed by atoms with Crippen LogP contribution in [0.1, 0.15) is 13.8 Å². The van der Waals surface area contributed by atoms with Crippen molar-refractivity contribution in [1.82, 2.24) is 0 Å². The van der Waals surface area contributed by atoms with Gasteiger partial charge in [0.15, 0.2) is 0 Å². The Morgan fingerprint density at radius 1 is 1.17 bits per heavy atom. The van der Waals surface area contributed by atoms with Crippen LogP contribution in [-0.2, 0) is 19.1 Å². The molecule has 0 aromatic carbocycles. The summed E-state index contributed by atoms with van der Waals surface area (Å²) < 4.78 is 7.88. The van der Waals surface area contributed by atoms with E-state index in [9.17, 15) is 14.4 Å². The van der Waals surface area contributed by atoms with Gasteiger partial charge in [-0.05, 0) is 11.6 Å². The highest BCUT2D eigenvalue weighted by molar-refractivity contribution is 6.62. The van der Waals surface area contributed by atoms with Gasteiger partial charge < -0.3 is 9.47 Å². The van der Waals surface area contributed by atoms with E-state index < -0.39 is 12.1 Å². The number of esters is 1. The second kappa shape index (κ2) is 8.00. The van der Waals surface area contributed by atoms with Gasteiger partial charge in [-0.3, -0.25) is 9.59 Å². The highest BCUT2D eigenvalue weighted by Crippen LogP contribution is 1.80. The highest BCUT2D eigenvalue weighted by atomic mass is 35.5. The molecule has 0 aliphatic carbocycles. The third-order valence-electron chi connectivity index (χ3n) is 0.394. The molecule has 0 radical (unpaired) electrons. The van der Waals surface area contributed by atoms with Crippen LogP contribution in [-0.4, -0.2) is 24.5 Å². The van der Waals surface area contributed by atoms with Crippen LogP contribution in [0.3, 0.4) is 0 Å². The second-order valence-electron chi connectivity index (χ2n) is 1.52. The molecule has 0 aromatic rings. The number of halogens is 1. The Labute approximate surface area is 74.6 Å². The Morgan fingerprint density at radius 3 is 1.58 bits per heavy atom. The van der Waals surface area contributed by atoms with Crippen molar-refractivity contribution in [1.29, 1.82) is 0 Å². The number of hydrogen-bond donors (Lipinski definition) is 0. The molecule has 0 amide bonds. The molecule has 70 valence electrons. The smallest absolute Gasteiger partial charge is 0.437 e. The lowest BCUT2D eigenvalue weighted by atomic mass is 10.8. The van der Waals surface area contributed by atoms with Gasteiger partial charge in [-0.25, -0.2) is 4.79 Å². The van der Waals surface area contributed by atoms with Gasteiger partial charge in [0, 0.05) is 13.8 Å². The standard InChI is InChI=1S/C4H6O4.C2H3ClO/c1-3(5)8-4(6)7-2;1-2(3)4/h1-2H3;1H3. The van der Waals surface area contributed by atoms with E-state index in [0.29, 0.717) is 0 Å². The van der Waals surface area contributed by atoms with Crippen LogP contribution in [0.5, 0.6) is 0 Å². The fourth-order valence-electron chi connectivity index (χ4n) is 0.159. The van der Waals surface area contributed by atoms with E-state index in [0.717, 1.165) is 14.0 Å². The topological polar surface area (TPSA) is 69.7 Å². The number of methoxy groups -OCH3 is 1. The summed E-state index contributed by atoms with van der Waals surface area (Å²) in [5, 5.41) is -0.361. The molecular weight excluding hydrogens is 188 g/mol. The van der Waals surface area contributed by atoms with Gasteiger partial charge in [-0.2, -0.15) is 0 Å². The van der Waals surface area contributed by atoms with Gasteiger partial charge in [0.25, 0.3) is 0 Å². The summed E-state index contributed by atoms with van der Waals surface area (Å²) in [6.07, 6.45) is -0.975. The molecule has 12 heavy (non-hydrogen) atoms. The molecule has 0 atom stereocenters. The number of rotatable bonds is 0. The summed E-state index contributed by atoms with van der Waals surface area (Å²) in [6, 6.07) is 0. The van der Waals surface area contributed by atoms with Gasteiger partial charge in [0.05, 0.1) is 7.11 Å². The Bertz CT molecular complexity index is 173. The number of ether oxygens (including phenoxy) is 2. The van der Waals surface area contributed by atoms with Gasteiger partial charge in [0.2, 0.25) is 5.24 Å². The van der Waals surface area contributed by atoms with Crippen LogP contribution in [0.15, 0.2) is 0 Å². The van der Waals surface area contributed by atoms with Crippen molar-refractivity contribution in [3.05, 3.63) is 0 Å². The van der Waals surface area contributed by atoms with Gasteiger partial charge in [-0.1, -0.05) is 0 Å². The third kappa shape index (κ3) is 23.1. The maximum Gasteiger partial charge on any atom is 0.515 e. The van der Waals surface area contributed by atoms with E-state index in [1.54, 1.807) is 0 Å². The molecule has 0 saturated carbocycles. The predicted octanol–water partition coefficient (Wildman–Crippen LogP) is 1.09. The van der Waals surface area contributed by atoms with Gasteiger partial charge in [0.1, 0.15) is 0 Å². The predicted molar refractivity (Wildman–Crippen MR) is 40.7 cm³/mol. The lowest BCUT2D eigenvalue weighted by molar-refractivity contribution is -0.136. The van der Waals surface area contributed by atoms with Crippen LogP contribution < -0.4 is 0 Å². The Kier molecular flexibility index (Phi) is 8.99. The monoisotopic (exact) mass is 196 g/mol. The molecule has 0 heterocycles. The van der Waals surface area contributed by atoms with Gasteiger partial charge in [-0.15, -0.1) is 0 Å². The summed E-state index contributed by atoms with van der Waals surface area (Å²) in [5.41, 5.74) is 0. The Hall–Kier alpha value is -1.10. The van der Waals surface area contributed by atoms with Crippen molar-refractivity contribution in [2.24, 2.45) is 0 Å². The fourth-order valence-corrected chi connectivity index (χ4v) is 0.159. The lowest BCUT2D eigenvalue weighted by Gasteiger charge is -1.93. The average molecular weight is 197 g/mol. The first-order chi connectivity index (χ1) is 5.40. The average Bonchev–Trinajstić information content (AvgIpc) is 1.84. The van der Waals surface area contributed by atoms with Crippen molar-refractivity contribution in [3.8, 4) is 0 Å². The summed E-state index contributed by atoms with van der Waals surface area (Å²) >= 11 is 4.64. The zero-order chi connectivity index (χ0) is 10.1. The lowest BCUT2D eigenvalue weighted by Crippen LogP contribution is -2.07. The van der Waals surface area contributed by atoms with E-state index in [4.69, 9.17) is 0 Å². The van der Waals surface area contributed by atoms with Crippen molar-refractivity contribution in [2.45, 2.75) is 13.8 Å². The van der Waals surface area contributed by atoms with E-state index in [1.807, 2.05) is 0 Å². The molecule has 5 nitrogen and oxygen atoms in total. The van der Waals surface area contributed by atoms with E-state index in [2.05, 4.69) is 21.1 Å². The van der Waals surface area contributed by atoms with Crippen molar-refractivity contribution in [2.75, 3.05) is 7.11 Å². The Morgan fingerprint density at radius 2 is 1.50 bits per heavy atom. The molecule has 0 bridgehead atoms. The van der Waals surface area contributed by atoms with E-state index in [1.165, 1.54) is 6.92 Å². The number of hydrogen-bond acceptors (Lipinski definition) is 5. The minimum atomic E-state index is -0.975. The molecule has 0 N–H and O–H groups in total.